The number of aliphatic hydroxyl groups is 1. The summed E-state index contributed by atoms with van der Waals surface area (Å²) in [5.74, 6) is -0.631. The first kappa shape index (κ1) is 15.2. The molecule has 1 atom stereocenters. The molecule has 0 saturated heterocycles. The third kappa shape index (κ3) is 3.82. The number of carbonyl (C=O) groups excluding carboxylic acids is 1. The molecule has 2 N–H and O–H groups in total. The number of nitrogens with one attached hydrogen (secondary N) is 1. The van der Waals surface area contributed by atoms with Crippen LogP contribution in [0.3, 0.4) is 0 Å². The molecular weight excluding hydrogens is 250 g/mol. The number of aliphatic hydroxyl groups excluding tert-OH is 1. The van der Waals surface area contributed by atoms with E-state index in [1.165, 1.54) is 7.11 Å². The van der Waals surface area contributed by atoms with Crippen molar-refractivity contribution in [3.05, 3.63) is 28.3 Å². The molecule has 1 rings (SSSR count). The fraction of sp³-hybridized carbons (Fsp3) is 0.538. The zero-order chi connectivity index (χ0) is 14.6. The van der Waals surface area contributed by atoms with Crippen LogP contribution in [0.4, 0.5) is 0 Å². The first-order valence-corrected chi connectivity index (χ1v) is 5.88. The lowest BCUT2D eigenvalue weighted by atomic mass is 9.87. The van der Waals surface area contributed by atoms with E-state index in [-0.39, 0.29) is 23.5 Å². The van der Waals surface area contributed by atoms with Crippen LogP contribution in [0.15, 0.2) is 21.5 Å². The normalized spacial score (nSPS) is 12.9. The molecule has 1 aromatic heterocycles. The van der Waals surface area contributed by atoms with E-state index < -0.39 is 17.4 Å². The molecule has 1 aromatic rings. The Bertz CT molecular complexity index is 500. The van der Waals surface area contributed by atoms with Gasteiger partial charge in [-0.2, -0.15) is 0 Å². The largest absolute Gasteiger partial charge is 0.490 e. The Morgan fingerprint density at radius 3 is 2.58 bits per heavy atom. The SMILES string of the molecule is COc1coc(C(=O)NC(CO)C(C)(C)C)cc1=O. The topological polar surface area (TPSA) is 88.8 Å². The third-order valence-corrected chi connectivity index (χ3v) is 2.77. The summed E-state index contributed by atoms with van der Waals surface area (Å²) in [7, 11) is 1.34. The Labute approximate surface area is 111 Å². The Morgan fingerprint density at radius 2 is 2.16 bits per heavy atom. The molecule has 0 saturated carbocycles. The zero-order valence-electron chi connectivity index (χ0n) is 11.5. The van der Waals surface area contributed by atoms with Crippen molar-refractivity contribution in [1.82, 2.24) is 5.32 Å². The molecule has 1 unspecified atom stereocenters. The van der Waals surface area contributed by atoms with Gasteiger partial charge in [-0.25, -0.2) is 0 Å². The molecule has 0 aliphatic carbocycles. The quantitative estimate of drug-likeness (QED) is 0.843. The van der Waals surface area contributed by atoms with Crippen molar-refractivity contribution in [3.63, 3.8) is 0 Å². The van der Waals surface area contributed by atoms with Gasteiger partial charge < -0.3 is 19.6 Å². The molecule has 0 aliphatic rings. The van der Waals surface area contributed by atoms with Gasteiger partial charge in [0.05, 0.1) is 19.8 Å². The maximum atomic E-state index is 11.9. The minimum atomic E-state index is -0.547. The van der Waals surface area contributed by atoms with E-state index in [0.717, 1.165) is 12.3 Å². The van der Waals surface area contributed by atoms with E-state index in [4.69, 9.17) is 9.15 Å². The van der Waals surface area contributed by atoms with Crippen molar-refractivity contribution in [2.24, 2.45) is 5.41 Å². The maximum absolute atomic E-state index is 11.9. The molecule has 0 bridgehead atoms. The number of carbonyl (C=O) groups is 1. The average molecular weight is 269 g/mol. The molecule has 6 heteroatoms. The smallest absolute Gasteiger partial charge is 0.287 e. The molecular formula is C13H19NO5. The summed E-state index contributed by atoms with van der Waals surface area (Å²) >= 11 is 0. The molecule has 0 radical (unpaired) electrons. The molecule has 0 aliphatic heterocycles. The van der Waals surface area contributed by atoms with E-state index in [2.05, 4.69) is 5.32 Å². The molecule has 1 amide bonds. The molecule has 0 fully saturated rings. The number of methoxy groups -OCH3 is 1. The van der Waals surface area contributed by atoms with Gasteiger partial charge in [-0.05, 0) is 5.41 Å². The van der Waals surface area contributed by atoms with Crippen molar-refractivity contribution in [1.29, 1.82) is 0 Å². The second-order valence-corrected chi connectivity index (χ2v) is 5.25. The van der Waals surface area contributed by atoms with E-state index in [1.807, 2.05) is 20.8 Å². The first-order valence-electron chi connectivity index (χ1n) is 5.88. The Hall–Kier alpha value is -1.82. The van der Waals surface area contributed by atoms with Gasteiger partial charge in [-0.3, -0.25) is 9.59 Å². The highest BCUT2D eigenvalue weighted by molar-refractivity contribution is 5.91. The van der Waals surface area contributed by atoms with Crippen LogP contribution >= 0.6 is 0 Å². The van der Waals surface area contributed by atoms with E-state index in [9.17, 15) is 14.7 Å². The summed E-state index contributed by atoms with van der Waals surface area (Å²) in [6, 6.07) is 0.623. The van der Waals surface area contributed by atoms with Crippen molar-refractivity contribution < 1.29 is 19.1 Å². The molecule has 1 heterocycles. The van der Waals surface area contributed by atoms with Gasteiger partial charge in [-0.15, -0.1) is 0 Å². The highest BCUT2D eigenvalue weighted by Crippen LogP contribution is 2.19. The summed E-state index contributed by atoms with van der Waals surface area (Å²) in [6.07, 6.45) is 1.09. The van der Waals surface area contributed by atoms with Gasteiger partial charge in [0.25, 0.3) is 5.91 Å². The number of amides is 1. The van der Waals surface area contributed by atoms with Gasteiger partial charge in [0.2, 0.25) is 11.2 Å². The lowest BCUT2D eigenvalue weighted by molar-refractivity contribution is 0.0818. The van der Waals surface area contributed by atoms with Gasteiger partial charge in [-0.1, -0.05) is 20.8 Å². The van der Waals surface area contributed by atoms with Crippen molar-refractivity contribution in [2.45, 2.75) is 26.8 Å². The lowest BCUT2D eigenvalue weighted by Crippen LogP contribution is -2.46. The molecule has 0 aromatic carbocycles. The van der Waals surface area contributed by atoms with Crippen molar-refractivity contribution in [2.75, 3.05) is 13.7 Å². The van der Waals surface area contributed by atoms with Crippen LogP contribution in [0.1, 0.15) is 31.3 Å². The van der Waals surface area contributed by atoms with E-state index >= 15 is 0 Å². The van der Waals surface area contributed by atoms with Gasteiger partial charge >= 0.3 is 0 Å². The maximum Gasteiger partial charge on any atom is 0.287 e. The van der Waals surface area contributed by atoms with Crippen LogP contribution in [0.2, 0.25) is 0 Å². The van der Waals surface area contributed by atoms with Crippen LogP contribution in [0.25, 0.3) is 0 Å². The molecule has 106 valence electrons. The highest BCUT2D eigenvalue weighted by atomic mass is 16.5. The third-order valence-electron chi connectivity index (χ3n) is 2.77. The summed E-state index contributed by atoms with van der Waals surface area (Å²) in [6.45, 7) is 5.46. The van der Waals surface area contributed by atoms with Gasteiger partial charge in [0.15, 0.2) is 5.76 Å². The summed E-state index contributed by atoms with van der Waals surface area (Å²) in [4.78, 5) is 23.4. The molecule has 19 heavy (non-hydrogen) atoms. The predicted molar refractivity (Wildman–Crippen MR) is 69.3 cm³/mol. The van der Waals surface area contributed by atoms with Crippen LogP contribution in [0, 0.1) is 5.41 Å². The number of rotatable bonds is 4. The van der Waals surface area contributed by atoms with E-state index in [1.54, 1.807) is 0 Å². The lowest BCUT2D eigenvalue weighted by Gasteiger charge is -2.29. The van der Waals surface area contributed by atoms with Crippen LogP contribution in [-0.4, -0.2) is 30.8 Å². The highest BCUT2D eigenvalue weighted by Gasteiger charge is 2.26. The Morgan fingerprint density at radius 1 is 1.53 bits per heavy atom. The standard InChI is InChI=1S/C13H19NO5/c1-13(2,3)11(6-15)14-12(17)9-5-8(16)10(18-4)7-19-9/h5,7,11,15H,6H2,1-4H3,(H,14,17). The molecule has 0 spiro atoms. The zero-order valence-corrected chi connectivity index (χ0v) is 11.5. The summed E-state index contributed by atoms with van der Waals surface area (Å²) < 4.78 is 9.79. The van der Waals surface area contributed by atoms with Gasteiger partial charge in [0.1, 0.15) is 6.26 Å². The van der Waals surface area contributed by atoms with Crippen LogP contribution in [0.5, 0.6) is 5.75 Å². The fourth-order valence-corrected chi connectivity index (χ4v) is 1.43. The summed E-state index contributed by atoms with van der Waals surface area (Å²) in [5, 5.41) is 11.9. The van der Waals surface area contributed by atoms with Crippen LogP contribution < -0.4 is 15.5 Å². The monoisotopic (exact) mass is 269 g/mol. The summed E-state index contributed by atoms with van der Waals surface area (Å²) in [5.41, 5.74) is -0.743. The van der Waals surface area contributed by atoms with Crippen molar-refractivity contribution >= 4 is 5.91 Å². The van der Waals surface area contributed by atoms with Crippen molar-refractivity contribution in [3.8, 4) is 5.75 Å². The Kier molecular flexibility index (Phi) is 4.72. The number of hydrogen-bond acceptors (Lipinski definition) is 5. The predicted octanol–water partition coefficient (Wildman–Crippen LogP) is 0.785. The minimum Gasteiger partial charge on any atom is -0.490 e. The van der Waals surface area contributed by atoms with Gasteiger partial charge in [0, 0.05) is 6.07 Å². The second-order valence-electron chi connectivity index (χ2n) is 5.25. The fourth-order valence-electron chi connectivity index (χ4n) is 1.43. The molecule has 6 nitrogen and oxygen atoms in total. The first-order chi connectivity index (χ1) is 8.79. The van der Waals surface area contributed by atoms with Crippen LogP contribution in [-0.2, 0) is 0 Å². The van der Waals surface area contributed by atoms with E-state index in [0.29, 0.717) is 0 Å². The number of ether oxygens (including phenoxy) is 1. The average Bonchev–Trinajstić information content (AvgIpc) is 2.34. The number of hydrogen-bond donors (Lipinski definition) is 2. The Balaban J connectivity index is 2.89. The second kappa shape index (κ2) is 5.88. The minimum absolute atomic E-state index is 0.0334.